The van der Waals surface area contributed by atoms with E-state index in [4.69, 9.17) is 0 Å². The molecule has 0 saturated carbocycles. The van der Waals surface area contributed by atoms with E-state index >= 15 is 0 Å². The number of hydrogen-bond donors (Lipinski definition) is 1. The maximum atomic E-state index is 3.39. The lowest BCUT2D eigenvalue weighted by Crippen LogP contribution is -2.38. The summed E-state index contributed by atoms with van der Waals surface area (Å²) >= 11 is 0. The third-order valence-corrected chi connectivity index (χ3v) is 3.98. The summed E-state index contributed by atoms with van der Waals surface area (Å²) in [6.45, 7) is 12.0. The first kappa shape index (κ1) is 15.9. The molecule has 18 heavy (non-hydrogen) atoms. The van der Waals surface area contributed by atoms with Crippen LogP contribution in [0.5, 0.6) is 0 Å². The van der Waals surface area contributed by atoms with Gasteiger partial charge in [-0.25, -0.2) is 0 Å². The van der Waals surface area contributed by atoms with Crippen LogP contribution in [0.1, 0.15) is 46.0 Å². The molecule has 1 aliphatic rings. The molecule has 1 heterocycles. The van der Waals surface area contributed by atoms with Gasteiger partial charge in [-0.2, -0.15) is 0 Å². The third kappa shape index (κ3) is 6.72. The van der Waals surface area contributed by atoms with Crippen molar-refractivity contribution in [1.82, 2.24) is 15.1 Å². The predicted molar refractivity (Wildman–Crippen MR) is 80.2 cm³/mol. The van der Waals surface area contributed by atoms with Crippen LogP contribution in [-0.2, 0) is 0 Å². The molecule has 0 spiro atoms. The van der Waals surface area contributed by atoms with Gasteiger partial charge in [0.05, 0.1) is 0 Å². The van der Waals surface area contributed by atoms with Crippen LogP contribution in [0.3, 0.4) is 0 Å². The lowest BCUT2D eigenvalue weighted by Gasteiger charge is -2.27. The number of nitrogens with one attached hydrogen (secondary N) is 1. The van der Waals surface area contributed by atoms with Gasteiger partial charge in [0.1, 0.15) is 0 Å². The zero-order valence-corrected chi connectivity index (χ0v) is 12.7. The summed E-state index contributed by atoms with van der Waals surface area (Å²) in [5.74, 6) is 0. The van der Waals surface area contributed by atoms with E-state index in [0.717, 1.165) is 12.6 Å². The van der Waals surface area contributed by atoms with E-state index in [1.165, 1.54) is 64.8 Å². The summed E-state index contributed by atoms with van der Waals surface area (Å²) < 4.78 is 0. The Hall–Kier alpha value is -0.120. The zero-order valence-electron chi connectivity index (χ0n) is 12.7. The highest BCUT2D eigenvalue weighted by Gasteiger charge is 2.18. The van der Waals surface area contributed by atoms with Gasteiger partial charge in [0, 0.05) is 12.6 Å². The second-order valence-corrected chi connectivity index (χ2v) is 5.77. The number of hydrogen-bond acceptors (Lipinski definition) is 3. The smallest absolute Gasteiger partial charge is 0.0194 e. The largest absolute Gasteiger partial charge is 0.317 e. The molecule has 0 bridgehead atoms. The van der Waals surface area contributed by atoms with E-state index in [1.54, 1.807) is 0 Å². The minimum atomic E-state index is 0.735. The summed E-state index contributed by atoms with van der Waals surface area (Å²) in [6.07, 6.45) is 6.83. The standard InChI is InChI=1S/C15H33N3/c1-4-16-10-7-5-6-8-12-18-13-9-11-17(3)14-15(18)2/h15-16H,4-14H2,1-3H3. The average Bonchev–Trinajstić information content (AvgIpc) is 2.50. The Labute approximate surface area is 114 Å². The van der Waals surface area contributed by atoms with Gasteiger partial charge in [-0.05, 0) is 66.0 Å². The molecule has 0 aromatic carbocycles. The molecule has 1 aliphatic heterocycles. The normalized spacial score (nSPS) is 23.2. The predicted octanol–water partition coefficient (Wildman–Crippen LogP) is 2.18. The van der Waals surface area contributed by atoms with Crippen LogP contribution in [-0.4, -0.2) is 62.2 Å². The number of nitrogens with zero attached hydrogens (tertiary/aromatic N) is 2. The molecular weight excluding hydrogens is 222 g/mol. The minimum Gasteiger partial charge on any atom is -0.317 e. The van der Waals surface area contributed by atoms with Gasteiger partial charge < -0.3 is 10.2 Å². The fourth-order valence-corrected chi connectivity index (χ4v) is 2.85. The lowest BCUT2D eigenvalue weighted by atomic mass is 10.1. The highest BCUT2D eigenvalue weighted by atomic mass is 15.2. The monoisotopic (exact) mass is 255 g/mol. The number of unbranched alkanes of at least 4 members (excludes halogenated alkanes) is 3. The van der Waals surface area contributed by atoms with Gasteiger partial charge in [-0.1, -0.05) is 19.8 Å². The Balaban J connectivity index is 2.03. The van der Waals surface area contributed by atoms with Crippen molar-refractivity contribution in [2.45, 2.75) is 52.0 Å². The Morgan fingerprint density at radius 1 is 1.11 bits per heavy atom. The lowest BCUT2D eigenvalue weighted by molar-refractivity contribution is 0.198. The molecule has 1 N–H and O–H groups in total. The molecule has 0 radical (unpaired) electrons. The maximum Gasteiger partial charge on any atom is 0.0194 e. The molecule has 1 rings (SSSR count). The molecular formula is C15H33N3. The molecule has 0 aromatic heterocycles. The zero-order chi connectivity index (χ0) is 13.2. The highest BCUT2D eigenvalue weighted by molar-refractivity contribution is 4.74. The van der Waals surface area contributed by atoms with E-state index in [2.05, 4.69) is 36.0 Å². The SMILES string of the molecule is CCNCCCCCCN1CCCN(C)CC1C. The highest BCUT2D eigenvalue weighted by Crippen LogP contribution is 2.10. The number of likely N-dealkylation sites (N-methyl/N-ethyl adjacent to an activating group) is 1. The fourth-order valence-electron chi connectivity index (χ4n) is 2.85. The second-order valence-electron chi connectivity index (χ2n) is 5.77. The van der Waals surface area contributed by atoms with Crippen LogP contribution in [0.15, 0.2) is 0 Å². The Kier molecular flexibility index (Phi) is 8.64. The summed E-state index contributed by atoms with van der Waals surface area (Å²) in [5.41, 5.74) is 0. The quantitative estimate of drug-likeness (QED) is 0.671. The molecule has 0 aliphatic carbocycles. The van der Waals surface area contributed by atoms with Gasteiger partial charge in [0.2, 0.25) is 0 Å². The first-order valence-electron chi connectivity index (χ1n) is 7.87. The van der Waals surface area contributed by atoms with Crippen molar-refractivity contribution >= 4 is 0 Å². The molecule has 1 atom stereocenters. The molecule has 1 unspecified atom stereocenters. The van der Waals surface area contributed by atoms with Crippen LogP contribution in [0.25, 0.3) is 0 Å². The summed E-state index contributed by atoms with van der Waals surface area (Å²) in [7, 11) is 2.25. The van der Waals surface area contributed by atoms with Crippen molar-refractivity contribution in [1.29, 1.82) is 0 Å². The van der Waals surface area contributed by atoms with Crippen LogP contribution in [0, 0.1) is 0 Å². The molecule has 3 heteroatoms. The molecule has 1 saturated heterocycles. The van der Waals surface area contributed by atoms with Crippen LogP contribution in [0.2, 0.25) is 0 Å². The Morgan fingerprint density at radius 2 is 1.89 bits per heavy atom. The summed E-state index contributed by atoms with van der Waals surface area (Å²) in [5, 5.41) is 3.39. The van der Waals surface area contributed by atoms with Gasteiger partial charge >= 0.3 is 0 Å². The van der Waals surface area contributed by atoms with Gasteiger partial charge in [-0.3, -0.25) is 4.90 Å². The van der Waals surface area contributed by atoms with Crippen molar-refractivity contribution < 1.29 is 0 Å². The van der Waals surface area contributed by atoms with Gasteiger partial charge in [0.25, 0.3) is 0 Å². The first-order chi connectivity index (χ1) is 8.74. The molecule has 1 fully saturated rings. The second kappa shape index (κ2) is 9.76. The summed E-state index contributed by atoms with van der Waals surface area (Å²) in [6, 6.07) is 0.735. The minimum absolute atomic E-state index is 0.735. The van der Waals surface area contributed by atoms with E-state index in [9.17, 15) is 0 Å². The van der Waals surface area contributed by atoms with E-state index in [1.807, 2.05) is 0 Å². The first-order valence-corrected chi connectivity index (χ1v) is 7.87. The third-order valence-electron chi connectivity index (χ3n) is 3.98. The Bertz CT molecular complexity index is 196. The number of rotatable bonds is 8. The molecule has 0 amide bonds. The van der Waals surface area contributed by atoms with Crippen molar-refractivity contribution in [2.75, 3.05) is 46.3 Å². The van der Waals surface area contributed by atoms with Crippen LogP contribution in [0.4, 0.5) is 0 Å². The van der Waals surface area contributed by atoms with Crippen molar-refractivity contribution in [3.05, 3.63) is 0 Å². The van der Waals surface area contributed by atoms with Gasteiger partial charge in [-0.15, -0.1) is 0 Å². The fraction of sp³-hybridized carbons (Fsp3) is 1.00. The molecule has 3 nitrogen and oxygen atoms in total. The van der Waals surface area contributed by atoms with E-state index < -0.39 is 0 Å². The molecule has 0 aromatic rings. The maximum absolute atomic E-state index is 3.39. The Morgan fingerprint density at radius 3 is 2.67 bits per heavy atom. The van der Waals surface area contributed by atoms with E-state index in [0.29, 0.717) is 0 Å². The summed E-state index contributed by atoms with van der Waals surface area (Å²) in [4.78, 5) is 5.16. The topological polar surface area (TPSA) is 18.5 Å². The van der Waals surface area contributed by atoms with E-state index in [-0.39, 0.29) is 0 Å². The van der Waals surface area contributed by atoms with Crippen molar-refractivity contribution in [3.8, 4) is 0 Å². The molecule has 108 valence electrons. The van der Waals surface area contributed by atoms with Crippen molar-refractivity contribution in [2.24, 2.45) is 0 Å². The van der Waals surface area contributed by atoms with Gasteiger partial charge in [0.15, 0.2) is 0 Å². The van der Waals surface area contributed by atoms with Crippen LogP contribution < -0.4 is 5.32 Å². The van der Waals surface area contributed by atoms with Crippen molar-refractivity contribution in [3.63, 3.8) is 0 Å². The van der Waals surface area contributed by atoms with Crippen LogP contribution >= 0.6 is 0 Å². The average molecular weight is 255 g/mol.